The van der Waals surface area contributed by atoms with Crippen LogP contribution in [0.25, 0.3) is 0 Å². The summed E-state index contributed by atoms with van der Waals surface area (Å²) in [6.45, 7) is 0.605. The predicted octanol–water partition coefficient (Wildman–Crippen LogP) is -1.78. The van der Waals surface area contributed by atoms with Gasteiger partial charge in [0.15, 0.2) is 23.8 Å². The lowest BCUT2D eigenvalue weighted by Crippen LogP contribution is -2.69. The Morgan fingerprint density at radius 3 is 2.40 bits per heavy atom. The van der Waals surface area contributed by atoms with E-state index < -0.39 is 72.3 Å². The zero-order valence-corrected chi connectivity index (χ0v) is 24.2. The second kappa shape index (κ2) is 15.7. The monoisotopic (exact) mass is 620 g/mol. The molecule has 6 atom stereocenters. The van der Waals surface area contributed by atoms with Gasteiger partial charge in [0.05, 0.1) is 24.8 Å². The number of aliphatic hydroxyl groups excluding tert-OH is 3. The number of rotatable bonds is 17. The summed E-state index contributed by atoms with van der Waals surface area (Å²) in [4.78, 5) is 45.1. The lowest BCUT2D eigenvalue weighted by Gasteiger charge is -2.46. The number of furan rings is 1. The summed E-state index contributed by atoms with van der Waals surface area (Å²) < 4.78 is 11.4. The van der Waals surface area contributed by atoms with Crippen LogP contribution in [0.2, 0.25) is 0 Å². The number of carboxylic acid groups (broad SMARTS) is 2. The number of nitro groups is 1. The van der Waals surface area contributed by atoms with Gasteiger partial charge in [-0.2, -0.15) is 11.8 Å². The number of likely N-dealkylation sites (N-methyl/N-ethyl adjacent to an activating group) is 1. The van der Waals surface area contributed by atoms with Gasteiger partial charge in [0.1, 0.15) is 30.6 Å². The van der Waals surface area contributed by atoms with Crippen LogP contribution < -0.4 is 16.0 Å². The number of quaternary nitrogens is 1. The molecular weight excluding hydrogens is 582 g/mol. The second-order valence-corrected chi connectivity index (χ2v) is 11.2. The number of aliphatic hydroxyl groups is 3. The molecule has 1 amide bonds. The van der Waals surface area contributed by atoms with Gasteiger partial charge in [0, 0.05) is 25.8 Å². The van der Waals surface area contributed by atoms with Crippen molar-refractivity contribution in [3.63, 3.8) is 0 Å². The number of carbonyl (C=O) groups excluding carboxylic acids is 1. The predicted molar refractivity (Wildman–Crippen MR) is 146 cm³/mol. The molecule has 1 aliphatic heterocycles. The Hall–Kier alpha value is -3.42. The molecular formula is C24H38N5O12S+. The van der Waals surface area contributed by atoms with Crippen LogP contribution in [0.3, 0.4) is 0 Å². The van der Waals surface area contributed by atoms with Crippen molar-refractivity contribution in [3.05, 3.63) is 45.8 Å². The molecule has 1 aromatic heterocycles. The quantitative estimate of drug-likeness (QED) is 0.0414. The van der Waals surface area contributed by atoms with E-state index in [4.69, 9.17) is 14.3 Å². The fourth-order valence-electron chi connectivity index (χ4n) is 4.25. The van der Waals surface area contributed by atoms with Gasteiger partial charge in [-0.1, -0.05) is 0 Å². The minimum Gasteiger partial charge on any atom is -0.481 e. The van der Waals surface area contributed by atoms with E-state index in [9.17, 15) is 44.9 Å². The van der Waals surface area contributed by atoms with Gasteiger partial charge in [-0.05, 0) is 18.6 Å². The summed E-state index contributed by atoms with van der Waals surface area (Å²) in [5, 5.41) is 68.1. The lowest BCUT2D eigenvalue weighted by molar-refractivity contribution is -0.957. The molecule has 1 fully saturated rings. The number of ether oxygens (including phenoxy) is 1. The van der Waals surface area contributed by atoms with Crippen LogP contribution >= 0.6 is 11.8 Å². The third-order valence-electron chi connectivity index (χ3n) is 6.39. The van der Waals surface area contributed by atoms with Crippen molar-refractivity contribution in [2.45, 2.75) is 61.8 Å². The van der Waals surface area contributed by atoms with Crippen LogP contribution in [-0.2, 0) is 31.4 Å². The fourth-order valence-corrected chi connectivity index (χ4v) is 4.99. The second-order valence-electron chi connectivity index (χ2n) is 10.1. The van der Waals surface area contributed by atoms with E-state index in [1.54, 1.807) is 33.3 Å². The third kappa shape index (κ3) is 10.1. The molecule has 0 saturated carbocycles. The van der Waals surface area contributed by atoms with Gasteiger partial charge in [0.25, 0.3) is 12.1 Å². The van der Waals surface area contributed by atoms with Crippen molar-refractivity contribution in [3.8, 4) is 0 Å². The number of hydrogen-bond donors (Lipinski definition) is 8. The molecule has 0 aromatic carbocycles. The Labute approximate surface area is 245 Å². The third-order valence-corrected chi connectivity index (χ3v) is 7.37. The van der Waals surface area contributed by atoms with Gasteiger partial charge in [0.2, 0.25) is 6.23 Å². The number of thioether (sulfide) groups is 1. The Kier molecular flexibility index (Phi) is 13.0. The topological polar surface area (TPSA) is 254 Å². The van der Waals surface area contributed by atoms with E-state index in [-0.39, 0.29) is 16.8 Å². The number of nitrogens with zero attached hydrogens (tertiary/aromatic N) is 2. The van der Waals surface area contributed by atoms with Gasteiger partial charge in [-0.3, -0.25) is 24.2 Å². The van der Waals surface area contributed by atoms with E-state index >= 15 is 0 Å². The minimum atomic E-state index is -1.88. The molecule has 0 aliphatic carbocycles. The SMILES string of the molecule is CNC(=C[N+](=O)[O-])NCCSCc1ccc(C[N+](C)(C)C2OC(C(=O)NC(CCC(=O)O)C(=O)O)C(O)C(O)C2O)o1. The maximum atomic E-state index is 12.8. The Bertz CT molecular complexity index is 1130. The Morgan fingerprint density at radius 1 is 1.14 bits per heavy atom. The lowest BCUT2D eigenvalue weighted by atomic mass is 9.95. The zero-order chi connectivity index (χ0) is 31.6. The summed E-state index contributed by atoms with van der Waals surface area (Å²) in [7, 11) is 4.84. The van der Waals surface area contributed by atoms with Crippen molar-refractivity contribution < 1.29 is 58.5 Å². The first kappa shape index (κ1) is 34.8. The van der Waals surface area contributed by atoms with E-state index in [0.29, 0.717) is 29.6 Å². The maximum absolute atomic E-state index is 12.8. The molecule has 0 radical (unpaired) electrons. The van der Waals surface area contributed by atoms with Crippen molar-refractivity contribution in [2.24, 2.45) is 0 Å². The van der Waals surface area contributed by atoms with Crippen LogP contribution in [-0.4, -0.2) is 123 Å². The van der Waals surface area contributed by atoms with Gasteiger partial charge in [-0.15, -0.1) is 0 Å². The number of carbonyl (C=O) groups is 3. The zero-order valence-electron chi connectivity index (χ0n) is 23.3. The molecule has 2 heterocycles. The van der Waals surface area contributed by atoms with E-state index in [1.807, 2.05) is 0 Å². The summed E-state index contributed by atoms with van der Waals surface area (Å²) in [5.74, 6) is -1.28. The maximum Gasteiger partial charge on any atom is 0.326 e. The minimum absolute atomic E-state index is 0.138. The highest BCUT2D eigenvalue weighted by Crippen LogP contribution is 2.29. The van der Waals surface area contributed by atoms with Gasteiger partial charge >= 0.3 is 11.9 Å². The summed E-state index contributed by atoms with van der Waals surface area (Å²) in [6, 6.07) is 1.90. The molecule has 42 heavy (non-hydrogen) atoms. The number of nitrogens with one attached hydrogen (secondary N) is 3. The number of carboxylic acids is 2. The summed E-state index contributed by atoms with van der Waals surface area (Å²) in [5.41, 5.74) is 0. The molecule has 1 aliphatic rings. The number of aliphatic carboxylic acids is 2. The van der Waals surface area contributed by atoms with Crippen LogP contribution in [0.4, 0.5) is 0 Å². The van der Waals surface area contributed by atoms with Crippen molar-refractivity contribution in [1.82, 2.24) is 16.0 Å². The summed E-state index contributed by atoms with van der Waals surface area (Å²) in [6.07, 6.45) is -8.42. The Balaban J connectivity index is 2.01. The fraction of sp³-hybridized carbons (Fsp3) is 0.625. The normalized spacial score (nSPS) is 23.6. The first-order chi connectivity index (χ1) is 19.7. The summed E-state index contributed by atoms with van der Waals surface area (Å²) >= 11 is 1.52. The average molecular weight is 621 g/mol. The molecule has 2 rings (SSSR count). The molecule has 236 valence electrons. The smallest absolute Gasteiger partial charge is 0.326 e. The van der Waals surface area contributed by atoms with Gasteiger partial charge in [-0.25, -0.2) is 4.79 Å². The van der Waals surface area contributed by atoms with Gasteiger partial charge < -0.3 is 50.6 Å². The largest absolute Gasteiger partial charge is 0.481 e. The van der Waals surface area contributed by atoms with E-state index in [1.165, 1.54) is 11.8 Å². The molecule has 1 aromatic rings. The highest BCUT2D eigenvalue weighted by atomic mass is 32.2. The molecule has 0 spiro atoms. The molecule has 6 unspecified atom stereocenters. The van der Waals surface area contributed by atoms with Crippen LogP contribution in [0, 0.1) is 10.1 Å². The number of hydrogen-bond acceptors (Lipinski definition) is 13. The molecule has 18 heteroatoms. The highest BCUT2D eigenvalue weighted by Gasteiger charge is 2.53. The number of amides is 1. The first-order valence-electron chi connectivity index (χ1n) is 12.9. The van der Waals surface area contributed by atoms with Crippen LogP contribution in [0.1, 0.15) is 24.4 Å². The van der Waals surface area contributed by atoms with Crippen LogP contribution in [0.5, 0.6) is 0 Å². The molecule has 17 nitrogen and oxygen atoms in total. The first-order valence-corrected chi connectivity index (χ1v) is 14.0. The Morgan fingerprint density at radius 2 is 1.81 bits per heavy atom. The van der Waals surface area contributed by atoms with E-state index in [2.05, 4.69) is 16.0 Å². The van der Waals surface area contributed by atoms with E-state index in [0.717, 1.165) is 6.20 Å². The van der Waals surface area contributed by atoms with Crippen molar-refractivity contribution in [1.29, 1.82) is 0 Å². The standard InChI is InChI=1S/C24H37N5O12S/c1-25-16(10-28(38)39)26-8-9-42-12-14-5-4-13(40-14)11-29(2,3)23-20(34)18(32)19(33)21(41-23)22(35)27-15(24(36)37)6-7-17(30)31/h4-5,10,15,18-21,23,25-26,32-34H,6-9,11-12H2,1-3H3,(H2-,27,30,31,35,36,37)/p+1. The highest BCUT2D eigenvalue weighted by molar-refractivity contribution is 7.98. The van der Waals surface area contributed by atoms with Crippen molar-refractivity contribution in [2.75, 3.05) is 33.4 Å². The van der Waals surface area contributed by atoms with Crippen LogP contribution in [0.15, 0.2) is 28.6 Å². The van der Waals surface area contributed by atoms with Crippen molar-refractivity contribution >= 4 is 29.6 Å². The average Bonchev–Trinajstić information content (AvgIpc) is 3.34. The molecule has 8 N–H and O–H groups in total. The molecule has 0 bridgehead atoms. The molecule has 1 saturated heterocycles.